The summed E-state index contributed by atoms with van der Waals surface area (Å²) < 4.78 is 0. The molecule has 0 atom stereocenters. The van der Waals surface area contributed by atoms with E-state index >= 15 is 0 Å². The van der Waals surface area contributed by atoms with Crippen molar-refractivity contribution in [2.75, 3.05) is 4.90 Å². The van der Waals surface area contributed by atoms with Crippen LogP contribution in [0.4, 0.5) is 17.1 Å². The van der Waals surface area contributed by atoms with Gasteiger partial charge in [0.2, 0.25) is 0 Å². The third kappa shape index (κ3) is 5.07. The standard InChI is InChI=1S/C39H33N/c1-28-13-10-16-31(25-28)36-23-24-37(40(34-19-6-4-7-20-34)35-21-8-5-9-22-35)39(33-18-12-15-30(3)27-33)38(36)32-17-11-14-29(2)26-32/h4-27H,1-3H3. The fraction of sp³-hybridized carbons (Fsp3) is 0.0769. The molecular weight excluding hydrogens is 482 g/mol. The lowest BCUT2D eigenvalue weighted by atomic mass is 9.85. The minimum Gasteiger partial charge on any atom is -0.310 e. The number of hydrogen-bond acceptors (Lipinski definition) is 1. The van der Waals surface area contributed by atoms with Crippen LogP contribution in [0.3, 0.4) is 0 Å². The highest BCUT2D eigenvalue weighted by atomic mass is 15.1. The van der Waals surface area contributed by atoms with Gasteiger partial charge in [-0.05, 0) is 78.9 Å². The lowest BCUT2D eigenvalue weighted by Gasteiger charge is -2.30. The summed E-state index contributed by atoms with van der Waals surface area (Å²) in [5, 5.41) is 0. The van der Waals surface area contributed by atoms with Crippen molar-refractivity contribution >= 4 is 17.1 Å². The van der Waals surface area contributed by atoms with Crippen LogP contribution in [0.15, 0.2) is 146 Å². The molecule has 0 fully saturated rings. The van der Waals surface area contributed by atoms with Gasteiger partial charge < -0.3 is 4.90 Å². The van der Waals surface area contributed by atoms with Crippen molar-refractivity contribution in [1.82, 2.24) is 0 Å². The Labute approximate surface area is 238 Å². The zero-order valence-electron chi connectivity index (χ0n) is 23.3. The van der Waals surface area contributed by atoms with E-state index < -0.39 is 0 Å². The Kier molecular flexibility index (Phi) is 7.04. The molecule has 0 aliphatic rings. The van der Waals surface area contributed by atoms with Crippen LogP contribution in [-0.2, 0) is 0 Å². The second kappa shape index (κ2) is 11.1. The number of aryl methyl sites for hydroxylation is 3. The molecule has 0 saturated heterocycles. The average Bonchev–Trinajstić information content (AvgIpc) is 2.98. The first-order chi connectivity index (χ1) is 19.6. The Balaban J connectivity index is 1.76. The third-order valence-corrected chi connectivity index (χ3v) is 7.40. The van der Waals surface area contributed by atoms with E-state index in [-0.39, 0.29) is 0 Å². The second-order valence-electron chi connectivity index (χ2n) is 10.5. The minimum atomic E-state index is 1.13. The van der Waals surface area contributed by atoms with Crippen LogP contribution < -0.4 is 4.90 Å². The summed E-state index contributed by atoms with van der Waals surface area (Å²) in [6.45, 7) is 6.51. The first kappa shape index (κ1) is 25.4. The lowest BCUT2D eigenvalue weighted by molar-refractivity contribution is 1.28. The van der Waals surface area contributed by atoms with E-state index in [0.29, 0.717) is 0 Å². The van der Waals surface area contributed by atoms with Gasteiger partial charge >= 0.3 is 0 Å². The van der Waals surface area contributed by atoms with Crippen LogP contribution >= 0.6 is 0 Å². The zero-order valence-corrected chi connectivity index (χ0v) is 23.3. The largest absolute Gasteiger partial charge is 0.310 e. The minimum absolute atomic E-state index is 1.13. The molecule has 0 bridgehead atoms. The Morgan fingerprint density at radius 3 is 1.32 bits per heavy atom. The number of hydrogen-bond donors (Lipinski definition) is 0. The van der Waals surface area contributed by atoms with Gasteiger partial charge in [0.05, 0.1) is 5.69 Å². The van der Waals surface area contributed by atoms with Gasteiger partial charge in [0.15, 0.2) is 0 Å². The van der Waals surface area contributed by atoms with Crippen molar-refractivity contribution in [3.8, 4) is 33.4 Å². The van der Waals surface area contributed by atoms with Gasteiger partial charge in [-0.25, -0.2) is 0 Å². The molecule has 194 valence electrons. The molecule has 6 aromatic carbocycles. The van der Waals surface area contributed by atoms with Crippen molar-refractivity contribution < 1.29 is 0 Å². The molecule has 0 spiro atoms. The topological polar surface area (TPSA) is 3.24 Å². The summed E-state index contributed by atoms with van der Waals surface area (Å²) in [6, 6.07) is 52.6. The Hall–Kier alpha value is -4.88. The molecule has 0 heterocycles. The third-order valence-electron chi connectivity index (χ3n) is 7.40. The Bertz CT molecular complexity index is 1730. The second-order valence-corrected chi connectivity index (χ2v) is 10.5. The SMILES string of the molecule is Cc1cccc(-c2ccc(N(c3ccccc3)c3ccccc3)c(-c3cccc(C)c3)c2-c2cccc(C)c2)c1. The summed E-state index contributed by atoms with van der Waals surface area (Å²) in [5.41, 5.74) is 14.5. The number of rotatable bonds is 6. The maximum atomic E-state index is 2.39. The molecule has 1 heteroatoms. The van der Waals surface area contributed by atoms with Gasteiger partial charge in [-0.15, -0.1) is 0 Å². The van der Waals surface area contributed by atoms with E-state index in [2.05, 4.69) is 171 Å². The van der Waals surface area contributed by atoms with Crippen LogP contribution in [0.2, 0.25) is 0 Å². The van der Waals surface area contributed by atoms with Crippen molar-refractivity contribution in [3.63, 3.8) is 0 Å². The molecule has 0 N–H and O–H groups in total. The van der Waals surface area contributed by atoms with Crippen LogP contribution in [0.5, 0.6) is 0 Å². The quantitative estimate of drug-likeness (QED) is 0.213. The van der Waals surface area contributed by atoms with Gasteiger partial charge in [0.25, 0.3) is 0 Å². The summed E-state index contributed by atoms with van der Waals surface area (Å²) in [5.74, 6) is 0. The van der Waals surface area contributed by atoms with Crippen LogP contribution in [0.1, 0.15) is 16.7 Å². The van der Waals surface area contributed by atoms with Crippen molar-refractivity contribution in [2.45, 2.75) is 20.8 Å². The first-order valence-corrected chi connectivity index (χ1v) is 13.9. The van der Waals surface area contributed by atoms with Gasteiger partial charge in [-0.2, -0.15) is 0 Å². The monoisotopic (exact) mass is 515 g/mol. The van der Waals surface area contributed by atoms with Crippen molar-refractivity contribution in [1.29, 1.82) is 0 Å². The van der Waals surface area contributed by atoms with E-state index in [9.17, 15) is 0 Å². The fourth-order valence-electron chi connectivity index (χ4n) is 5.61. The maximum absolute atomic E-state index is 2.39. The highest BCUT2D eigenvalue weighted by Gasteiger charge is 2.23. The van der Waals surface area contributed by atoms with Gasteiger partial charge in [0.1, 0.15) is 0 Å². The smallest absolute Gasteiger partial charge is 0.0546 e. The zero-order chi connectivity index (χ0) is 27.5. The van der Waals surface area contributed by atoms with E-state index in [1.807, 2.05) is 0 Å². The molecule has 0 aliphatic heterocycles. The predicted molar refractivity (Wildman–Crippen MR) is 172 cm³/mol. The molecule has 6 rings (SSSR count). The van der Waals surface area contributed by atoms with Gasteiger partial charge in [0, 0.05) is 16.9 Å². The Morgan fingerprint density at radius 1 is 0.375 bits per heavy atom. The van der Waals surface area contributed by atoms with Crippen molar-refractivity contribution in [2.24, 2.45) is 0 Å². The van der Waals surface area contributed by atoms with Crippen LogP contribution in [-0.4, -0.2) is 0 Å². The summed E-state index contributed by atoms with van der Waals surface area (Å²) in [7, 11) is 0. The van der Waals surface area contributed by atoms with Gasteiger partial charge in [-0.1, -0.05) is 132 Å². The molecule has 0 saturated carbocycles. The summed E-state index contributed by atoms with van der Waals surface area (Å²) in [4.78, 5) is 2.39. The van der Waals surface area contributed by atoms with Crippen LogP contribution in [0, 0.1) is 20.8 Å². The van der Waals surface area contributed by atoms with E-state index in [1.54, 1.807) is 0 Å². The molecule has 0 aromatic heterocycles. The molecule has 0 radical (unpaired) electrons. The number of benzene rings is 6. The molecular formula is C39H33N. The molecule has 0 unspecified atom stereocenters. The van der Waals surface area contributed by atoms with E-state index in [4.69, 9.17) is 0 Å². The molecule has 6 aromatic rings. The maximum Gasteiger partial charge on any atom is 0.0546 e. The van der Waals surface area contributed by atoms with Crippen molar-refractivity contribution in [3.05, 3.63) is 162 Å². The van der Waals surface area contributed by atoms with E-state index in [0.717, 1.165) is 17.1 Å². The number of nitrogens with zero attached hydrogens (tertiary/aromatic N) is 1. The van der Waals surface area contributed by atoms with E-state index in [1.165, 1.54) is 50.1 Å². The Morgan fingerprint density at radius 2 is 0.825 bits per heavy atom. The summed E-state index contributed by atoms with van der Waals surface area (Å²) in [6.07, 6.45) is 0. The van der Waals surface area contributed by atoms with Gasteiger partial charge in [-0.3, -0.25) is 0 Å². The molecule has 0 aliphatic carbocycles. The predicted octanol–water partition coefficient (Wildman–Crippen LogP) is 11.1. The number of anilines is 3. The average molecular weight is 516 g/mol. The molecule has 40 heavy (non-hydrogen) atoms. The summed E-state index contributed by atoms with van der Waals surface area (Å²) >= 11 is 0. The molecule has 0 amide bonds. The van der Waals surface area contributed by atoms with Crippen LogP contribution in [0.25, 0.3) is 33.4 Å². The lowest BCUT2D eigenvalue weighted by Crippen LogP contribution is -2.12. The highest BCUT2D eigenvalue weighted by molar-refractivity contribution is 6.03. The number of para-hydroxylation sites is 2. The molecule has 1 nitrogen and oxygen atoms in total. The first-order valence-electron chi connectivity index (χ1n) is 13.9. The fourth-order valence-corrected chi connectivity index (χ4v) is 5.61. The highest BCUT2D eigenvalue weighted by Crippen LogP contribution is 2.49. The normalized spacial score (nSPS) is 10.9.